The topological polar surface area (TPSA) is 26.8 Å². The quantitative estimate of drug-likeness (QED) is 0.361. The van der Waals surface area contributed by atoms with Crippen molar-refractivity contribution in [2.24, 2.45) is 5.92 Å². The SMILES string of the molecule is O=C1N(Cc2ccccc2)c2ccccc2C(c2ccccc2)N1C1CCN(CC2CCCCC2)CC1. The third kappa shape index (κ3) is 5.17. The second-order valence-electron chi connectivity index (χ2n) is 11.2. The van der Waals surface area contributed by atoms with Crippen LogP contribution in [0.2, 0.25) is 0 Å². The van der Waals surface area contributed by atoms with Gasteiger partial charge in [-0.2, -0.15) is 0 Å². The minimum Gasteiger partial charge on any atom is -0.310 e. The van der Waals surface area contributed by atoms with E-state index in [1.54, 1.807) is 0 Å². The predicted octanol–water partition coefficient (Wildman–Crippen LogP) is 7.26. The molecule has 0 bridgehead atoms. The number of hydrogen-bond donors (Lipinski definition) is 0. The number of urea groups is 1. The molecular formula is C33H39N3O. The van der Waals surface area contributed by atoms with Gasteiger partial charge in [0.05, 0.1) is 18.3 Å². The van der Waals surface area contributed by atoms with E-state index in [4.69, 9.17) is 0 Å². The van der Waals surface area contributed by atoms with Crippen molar-refractivity contribution >= 4 is 11.7 Å². The smallest absolute Gasteiger partial charge is 0.310 e. The molecule has 2 fully saturated rings. The summed E-state index contributed by atoms with van der Waals surface area (Å²) in [5.41, 5.74) is 4.63. The van der Waals surface area contributed by atoms with Gasteiger partial charge in [-0.15, -0.1) is 0 Å². The average Bonchev–Trinajstić information content (AvgIpc) is 2.96. The Hall–Kier alpha value is -3.11. The van der Waals surface area contributed by atoms with Crippen molar-refractivity contribution in [3.8, 4) is 0 Å². The lowest BCUT2D eigenvalue weighted by atomic mass is 9.87. The van der Waals surface area contributed by atoms with Gasteiger partial charge in [0.25, 0.3) is 0 Å². The summed E-state index contributed by atoms with van der Waals surface area (Å²) in [7, 11) is 0. The number of anilines is 1. The fourth-order valence-corrected chi connectivity index (χ4v) is 6.84. The summed E-state index contributed by atoms with van der Waals surface area (Å²) in [5, 5.41) is 0. The molecule has 1 atom stereocenters. The summed E-state index contributed by atoms with van der Waals surface area (Å²) >= 11 is 0. The van der Waals surface area contributed by atoms with E-state index >= 15 is 0 Å². The van der Waals surface area contributed by atoms with Crippen molar-refractivity contribution in [1.29, 1.82) is 0 Å². The Kier molecular flexibility index (Phi) is 7.27. The molecule has 2 aliphatic heterocycles. The van der Waals surface area contributed by atoms with E-state index in [9.17, 15) is 4.79 Å². The second-order valence-corrected chi connectivity index (χ2v) is 11.2. The van der Waals surface area contributed by atoms with Crippen LogP contribution in [0.15, 0.2) is 84.9 Å². The lowest BCUT2D eigenvalue weighted by molar-refractivity contribution is 0.0925. The van der Waals surface area contributed by atoms with Crippen molar-refractivity contribution in [2.75, 3.05) is 24.5 Å². The molecule has 37 heavy (non-hydrogen) atoms. The van der Waals surface area contributed by atoms with Gasteiger partial charge in [-0.3, -0.25) is 4.90 Å². The predicted molar refractivity (Wildman–Crippen MR) is 151 cm³/mol. The Morgan fingerprint density at radius 3 is 2.08 bits per heavy atom. The highest BCUT2D eigenvalue weighted by Gasteiger charge is 2.42. The number of rotatable bonds is 6. The van der Waals surface area contributed by atoms with Gasteiger partial charge in [-0.05, 0) is 48.8 Å². The summed E-state index contributed by atoms with van der Waals surface area (Å²) < 4.78 is 0. The Bertz CT molecular complexity index is 1170. The Morgan fingerprint density at radius 2 is 1.35 bits per heavy atom. The zero-order valence-corrected chi connectivity index (χ0v) is 21.8. The van der Waals surface area contributed by atoms with Crippen molar-refractivity contribution < 1.29 is 4.79 Å². The highest BCUT2D eigenvalue weighted by atomic mass is 16.2. The van der Waals surface area contributed by atoms with E-state index in [1.807, 2.05) is 11.0 Å². The standard InChI is InChI=1S/C33H39N3O/c37-33-35(25-27-14-6-2-7-15-27)31-19-11-10-18-30(31)32(28-16-8-3-9-17-28)36(33)29-20-22-34(23-21-29)24-26-12-4-1-5-13-26/h2-3,6-11,14-19,26,29,32H,1,4-5,12-13,20-25H2. The zero-order valence-electron chi connectivity index (χ0n) is 21.8. The van der Waals surface area contributed by atoms with Gasteiger partial charge >= 0.3 is 6.03 Å². The van der Waals surface area contributed by atoms with Gasteiger partial charge in [-0.25, -0.2) is 4.79 Å². The first-order chi connectivity index (χ1) is 18.3. The normalized spacial score (nSPS) is 21.7. The van der Waals surface area contributed by atoms with Gasteiger partial charge in [0, 0.05) is 31.2 Å². The van der Waals surface area contributed by atoms with Crippen LogP contribution >= 0.6 is 0 Å². The molecule has 3 aromatic carbocycles. The molecule has 2 heterocycles. The van der Waals surface area contributed by atoms with Crippen LogP contribution in [-0.4, -0.2) is 41.5 Å². The highest BCUT2D eigenvalue weighted by molar-refractivity contribution is 5.96. The van der Waals surface area contributed by atoms with Gasteiger partial charge < -0.3 is 9.80 Å². The van der Waals surface area contributed by atoms with E-state index in [1.165, 1.54) is 49.8 Å². The lowest BCUT2D eigenvalue weighted by Gasteiger charge is -2.48. The fourth-order valence-electron chi connectivity index (χ4n) is 6.84. The van der Waals surface area contributed by atoms with Gasteiger partial charge in [0.1, 0.15) is 0 Å². The van der Waals surface area contributed by atoms with Crippen LogP contribution in [0.1, 0.15) is 67.7 Å². The molecule has 192 valence electrons. The maximum Gasteiger partial charge on any atom is 0.325 e. The van der Waals surface area contributed by atoms with E-state index < -0.39 is 0 Å². The van der Waals surface area contributed by atoms with Gasteiger partial charge in [0.2, 0.25) is 0 Å². The molecule has 3 aromatic rings. The number of likely N-dealkylation sites (tertiary alicyclic amines) is 1. The van der Waals surface area contributed by atoms with E-state index in [0.717, 1.165) is 43.1 Å². The van der Waals surface area contributed by atoms with Crippen molar-refractivity contribution in [3.63, 3.8) is 0 Å². The molecule has 1 saturated heterocycles. The van der Waals surface area contributed by atoms with E-state index in [2.05, 4.69) is 88.7 Å². The molecular weight excluding hydrogens is 454 g/mol. The molecule has 6 rings (SSSR count). The zero-order chi connectivity index (χ0) is 25.0. The number of carbonyl (C=O) groups is 1. The molecule has 1 aliphatic carbocycles. The molecule has 2 amide bonds. The maximum atomic E-state index is 14.4. The summed E-state index contributed by atoms with van der Waals surface area (Å²) in [6, 6.07) is 29.9. The molecule has 1 unspecified atom stereocenters. The summed E-state index contributed by atoms with van der Waals surface area (Å²) in [6.45, 7) is 4.01. The van der Waals surface area contributed by atoms with E-state index in [-0.39, 0.29) is 18.1 Å². The van der Waals surface area contributed by atoms with Crippen molar-refractivity contribution in [1.82, 2.24) is 9.80 Å². The summed E-state index contributed by atoms with van der Waals surface area (Å²) in [5.74, 6) is 0.868. The first-order valence-electron chi connectivity index (χ1n) is 14.3. The number of carbonyl (C=O) groups excluding carboxylic acids is 1. The largest absolute Gasteiger partial charge is 0.325 e. The van der Waals surface area contributed by atoms with Crippen LogP contribution in [0.5, 0.6) is 0 Å². The number of fused-ring (bicyclic) bond motifs is 1. The molecule has 0 radical (unpaired) electrons. The van der Waals surface area contributed by atoms with Gasteiger partial charge in [0.15, 0.2) is 0 Å². The molecule has 1 saturated carbocycles. The van der Waals surface area contributed by atoms with Gasteiger partial charge in [-0.1, -0.05) is 98.1 Å². The van der Waals surface area contributed by atoms with Crippen LogP contribution in [0.25, 0.3) is 0 Å². The number of amides is 2. The monoisotopic (exact) mass is 493 g/mol. The van der Waals surface area contributed by atoms with Crippen molar-refractivity contribution in [3.05, 3.63) is 102 Å². The second kappa shape index (κ2) is 11.1. The maximum absolute atomic E-state index is 14.4. The minimum atomic E-state index is -0.0492. The van der Waals surface area contributed by atoms with Crippen LogP contribution in [-0.2, 0) is 6.54 Å². The molecule has 4 nitrogen and oxygen atoms in total. The van der Waals surface area contributed by atoms with Crippen LogP contribution in [0.4, 0.5) is 10.5 Å². The first-order valence-corrected chi connectivity index (χ1v) is 14.3. The molecule has 0 spiro atoms. The number of benzene rings is 3. The lowest BCUT2D eigenvalue weighted by Crippen LogP contribution is -2.56. The minimum absolute atomic E-state index is 0.0492. The third-order valence-electron chi connectivity index (χ3n) is 8.74. The highest BCUT2D eigenvalue weighted by Crippen LogP contribution is 2.43. The summed E-state index contributed by atoms with van der Waals surface area (Å²) in [4.78, 5) is 21.3. The molecule has 0 aromatic heterocycles. The number of para-hydroxylation sites is 1. The Labute approximate surface area is 221 Å². The number of hydrogen-bond acceptors (Lipinski definition) is 2. The number of piperidine rings is 1. The van der Waals surface area contributed by atoms with Crippen LogP contribution < -0.4 is 4.90 Å². The summed E-state index contributed by atoms with van der Waals surface area (Å²) in [6.07, 6.45) is 9.10. The first kappa shape index (κ1) is 24.2. The van der Waals surface area contributed by atoms with E-state index in [0.29, 0.717) is 6.54 Å². The average molecular weight is 494 g/mol. The molecule has 0 N–H and O–H groups in total. The Morgan fingerprint density at radius 1 is 0.703 bits per heavy atom. The molecule has 4 heteroatoms. The molecule has 3 aliphatic rings. The Balaban J connectivity index is 1.30. The van der Waals surface area contributed by atoms with Crippen LogP contribution in [0.3, 0.4) is 0 Å². The fraction of sp³-hybridized carbons (Fsp3) is 0.424. The third-order valence-corrected chi connectivity index (χ3v) is 8.74. The van der Waals surface area contributed by atoms with Crippen LogP contribution in [0, 0.1) is 5.92 Å². The van der Waals surface area contributed by atoms with Crippen molar-refractivity contribution in [2.45, 2.75) is 63.6 Å². The number of nitrogens with zero attached hydrogens (tertiary/aromatic N) is 3.